The standard InChI is InChI=1S/C28H39NO4/c1-2-3-4-5-6-7-8-9-10-11-12-22-13-16-24(17-14-22)33-28(32)20-19-26(30)23-15-18-25(29)27(31)21-23/h13-21,28,31-32H,2-12,29H2,1H3. The Morgan fingerprint density at radius 2 is 1.55 bits per heavy atom. The third-order valence-corrected chi connectivity index (χ3v) is 5.73. The number of carbonyl (C=O) groups excluding carboxylic acids is 1. The zero-order valence-electron chi connectivity index (χ0n) is 19.8. The SMILES string of the molecule is CCCCCCCCCCCCc1ccc(OC(O)C=CC(=O)c2ccc(N)c(O)c2)cc1. The van der Waals surface area contributed by atoms with Gasteiger partial charge >= 0.3 is 0 Å². The second-order valence-corrected chi connectivity index (χ2v) is 8.58. The smallest absolute Gasteiger partial charge is 0.217 e. The summed E-state index contributed by atoms with van der Waals surface area (Å²) in [6, 6.07) is 12.0. The van der Waals surface area contributed by atoms with Crippen LogP contribution in [0.5, 0.6) is 11.5 Å². The summed E-state index contributed by atoms with van der Waals surface area (Å²) >= 11 is 0. The van der Waals surface area contributed by atoms with Crippen molar-refractivity contribution in [2.24, 2.45) is 0 Å². The molecule has 0 bridgehead atoms. The number of allylic oxidation sites excluding steroid dienone is 1. The molecule has 0 aliphatic heterocycles. The first-order chi connectivity index (χ1) is 16.0. The Bertz CT molecular complexity index is 861. The van der Waals surface area contributed by atoms with E-state index >= 15 is 0 Å². The molecule has 0 heterocycles. The Morgan fingerprint density at radius 1 is 0.939 bits per heavy atom. The number of nitrogens with two attached hydrogens (primary N) is 1. The molecule has 180 valence electrons. The van der Waals surface area contributed by atoms with Crippen LogP contribution in [0.3, 0.4) is 0 Å². The highest BCUT2D eigenvalue weighted by atomic mass is 16.6. The summed E-state index contributed by atoms with van der Waals surface area (Å²) in [5, 5.41) is 19.6. The third kappa shape index (κ3) is 10.6. The maximum Gasteiger partial charge on any atom is 0.217 e. The monoisotopic (exact) mass is 453 g/mol. The maximum atomic E-state index is 12.1. The minimum atomic E-state index is -1.25. The van der Waals surface area contributed by atoms with E-state index in [9.17, 15) is 15.0 Å². The number of benzene rings is 2. The highest BCUT2D eigenvalue weighted by Gasteiger charge is 2.07. The van der Waals surface area contributed by atoms with E-state index in [4.69, 9.17) is 10.5 Å². The zero-order chi connectivity index (χ0) is 23.9. The summed E-state index contributed by atoms with van der Waals surface area (Å²) in [7, 11) is 0. The van der Waals surface area contributed by atoms with Gasteiger partial charge in [0.25, 0.3) is 0 Å². The second kappa shape index (κ2) is 15.1. The zero-order valence-corrected chi connectivity index (χ0v) is 19.8. The molecule has 0 amide bonds. The van der Waals surface area contributed by atoms with Gasteiger partial charge in [0.05, 0.1) is 5.69 Å². The molecular weight excluding hydrogens is 414 g/mol. The summed E-state index contributed by atoms with van der Waals surface area (Å²) in [5.74, 6) is 0.0280. The van der Waals surface area contributed by atoms with Gasteiger partial charge in [-0.1, -0.05) is 76.8 Å². The molecule has 1 atom stereocenters. The third-order valence-electron chi connectivity index (χ3n) is 5.73. The van der Waals surface area contributed by atoms with Gasteiger partial charge in [-0.2, -0.15) is 0 Å². The molecule has 2 aromatic rings. The highest BCUT2D eigenvalue weighted by molar-refractivity contribution is 6.05. The average molecular weight is 454 g/mol. The molecule has 0 aromatic heterocycles. The van der Waals surface area contributed by atoms with E-state index in [0.29, 0.717) is 5.75 Å². The van der Waals surface area contributed by atoms with Crippen LogP contribution in [0.15, 0.2) is 54.6 Å². The van der Waals surface area contributed by atoms with Gasteiger partial charge < -0.3 is 20.7 Å². The molecule has 4 N–H and O–H groups in total. The molecule has 33 heavy (non-hydrogen) atoms. The number of aliphatic hydroxyl groups is 1. The van der Waals surface area contributed by atoms with Crippen molar-refractivity contribution in [3.8, 4) is 11.5 Å². The van der Waals surface area contributed by atoms with Gasteiger partial charge in [-0.3, -0.25) is 4.79 Å². The normalized spacial score (nSPS) is 12.2. The molecule has 1 unspecified atom stereocenters. The minimum absolute atomic E-state index is 0.149. The molecule has 5 nitrogen and oxygen atoms in total. The van der Waals surface area contributed by atoms with Crippen molar-refractivity contribution in [3.05, 3.63) is 65.7 Å². The van der Waals surface area contributed by atoms with E-state index in [1.54, 1.807) is 0 Å². The molecule has 0 spiro atoms. The topological polar surface area (TPSA) is 92.8 Å². The second-order valence-electron chi connectivity index (χ2n) is 8.58. The summed E-state index contributed by atoms with van der Waals surface area (Å²) in [6.07, 6.45) is 15.6. The van der Waals surface area contributed by atoms with Crippen molar-refractivity contribution in [3.63, 3.8) is 0 Å². The number of nitrogen functional groups attached to an aromatic ring is 1. The van der Waals surface area contributed by atoms with Gasteiger partial charge in [0, 0.05) is 5.56 Å². The van der Waals surface area contributed by atoms with Crippen molar-refractivity contribution < 1.29 is 19.7 Å². The van der Waals surface area contributed by atoms with Crippen LogP contribution in [-0.4, -0.2) is 22.3 Å². The van der Waals surface area contributed by atoms with E-state index < -0.39 is 6.29 Å². The van der Waals surface area contributed by atoms with Gasteiger partial charge in [-0.15, -0.1) is 0 Å². The lowest BCUT2D eigenvalue weighted by Gasteiger charge is -2.10. The molecule has 2 rings (SSSR count). The molecule has 0 aliphatic carbocycles. The lowest BCUT2D eigenvalue weighted by Crippen LogP contribution is -2.12. The van der Waals surface area contributed by atoms with Gasteiger partial charge in [0.15, 0.2) is 5.78 Å². The van der Waals surface area contributed by atoms with Crippen LogP contribution in [0.1, 0.15) is 87.1 Å². The van der Waals surface area contributed by atoms with Crippen LogP contribution in [-0.2, 0) is 6.42 Å². The fraction of sp³-hybridized carbons (Fsp3) is 0.464. The Morgan fingerprint density at radius 3 is 2.15 bits per heavy atom. The molecule has 0 saturated heterocycles. The predicted molar refractivity (Wildman–Crippen MR) is 135 cm³/mol. The van der Waals surface area contributed by atoms with E-state index in [2.05, 4.69) is 6.92 Å². The molecule has 0 aliphatic rings. The summed E-state index contributed by atoms with van der Waals surface area (Å²) in [5.41, 5.74) is 7.27. The fourth-order valence-corrected chi connectivity index (χ4v) is 3.69. The summed E-state index contributed by atoms with van der Waals surface area (Å²) in [6.45, 7) is 2.25. The van der Waals surface area contributed by atoms with Crippen molar-refractivity contribution >= 4 is 11.5 Å². The molecule has 5 heteroatoms. The quantitative estimate of drug-likeness (QED) is 0.0667. The number of aliphatic hydroxyl groups excluding tert-OH is 1. The summed E-state index contributed by atoms with van der Waals surface area (Å²) < 4.78 is 5.45. The number of ether oxygens (including phenoxy) is 1. The lowest BCUT2D eigenvalue weighted by atomic mass is 10.0. The number of phenolic OH excluding ortho intramolecular Hbond substituents is 1. The largest absolute Gasteiger partial charge is 0.506 e. The number of aromatic hydroxyl groups is 1. The maximum absolute atomic E-state index is 12.1. The number of rotatable bonds is 16. The van der Waals surface area contributed by atoms with Gasteiger partial charge in [0.2, 0.25) is 6.29 Å². The number of carbonyl (C=O) groups is 1. The van der Waals surface area contributed by atoms with Crippen LogP contribution < -0.4 is 10.5 Å². The Hall–Kier alpha value is -2.79. The van der Waals surface area contributed by atoms with Gasteiger partial charge in [-0.05, 0) is 60.9 Å². The van der Waals surface area contributed by atoms with Crippen molar-refractivity contribution in [2.75, 3.05) is 5.73 Å². The van der Waals surface area contributed by atoms with Crippen molar-refractivity contribution in [1.82, 2.24) is 0 Å². The van der Waals surface area contributed by atoms with E-state index in [1.807, 2.05) is 24.3 Å². The molecule has 2 aromatic carbocycles. The number of phenols is 1. The van der Waals surface area contributed by atoms with Crippen LogP contribution in [0.4, 0.5) is 5.69 Å². The number of aryl methyl sites for hydroxylation is 1. The predicted octanol–water partition coefficient (Wildman–Crippen LogP) is 6.57. The molecule has 0 saturated carbocycles. The Balaban J connectivity index is 1.64. The first-order valence-electron chi connectivity index (χ1n) is 12.2. The van der Waals surface area contributed by atoms with Gasteiger partial charge in [-0.25, -0.2) is 0 Å². The average Bonchev–Trinajstić information content (AvgIpc) is 2.81. The van der Waals surface area contributed by atoms with Crippen molar-refractivity contribution in [2.45, 2.75) is 83.8 Å². The number of ketones is 1. The van der Waals surface area contributed by atoms with E-state index in [0.717, 1.165) is 6.42 Å². The van der Waals surface area contributed by atoms with Crippen LogP contribution >= 0.6 is 0 Å². The number of hydrogen-bond acceptors (Lipinski definition) is 5. The van der Waals surface area contributed by atoms with E-state index in [1.165, 1.54) is 100 Å². The Kier molecular flexibility index (Phi) is 12.1. The number of hydrogen-bond donors (Lipinski definition) is 3. The van der Waals surface area contributed by atoms with Gasteiger partial charge in [0.1, 0.15) is 11.5 Å². The van der Waals surface area contributed by atoms with Crippen LogP contribution in [0, 0.1) is 0 Å². The van der Waals surface area contributed by atoms with Crippen LogP contribution in [0.2, 0.25) is 0 Å². The first-order valence-corrected chi connectivity index (χ1v) is 12.2. The van der Waals surface area contributed by atoms with E-state index in [-0.39, 0.29) is 22.8 Å². The number of unbranched alkanes of at least 4 members (excludes halogenated alkanes) is 9. The van der Waals surface area contributed by atoms with Crippen LogP contribution in [0.25, 0.3) is 0 Å². The first kappa shape index (κ1) is 26.5. The summed E-state index contributed by atoms with van der Waals surface area (Å²) in [4.78, 5) is 12.1. The Labute approximate surface area is 198 Å². The highest BCUT2D eigenvalue weighted by Crippen LogP contribution is 2.21. The lowest BCUT2D eigenvalue weighted by molar-refractivity contribution is 0.0245. The minimum Gasteiger partial charge on any atom is -0.506 e. The number of anilines is 1. The molecule has 0 fully saturated rings. The molecular formula is C28H39NO4. The fourth-order valence-electron chi connectivity index (χ4n) is 3.69. The van der Waals surface area contributed by atoms with Crippen molar-refractivity contribution in [1.29, 1.82) is 0 Å². The molecule has 0 radical (unpaired) electrons.